The number of amides is 2. The van der Waals surface area contributed by atoms with Crippen LogP contribution in [0.25, 0.3) is 10.9 Å². The molecule has 1 aliphatic rings. The van der Waals surface area contributed by atoms with E-state index in [1.807, 2.05) is 24.3 Å². The van der Waals surface area contributed by atoms with Gasteiger partial charge >= 0.3 is 5.97 Å². The number of aromatic nitrogens is 1. The number of carbonyl (C=O) groups excluding carboxylic acids is 2. The molecule has 7 N–H and O–H groups in total. The lowest BCUT2D eigenvalue weighted by Gasteiger charge is -2.29. The SMILES string of the molecule is O=C(O)CCNC(=S)NCCCCC(NS(=O)(=O)c1cccc(F)c1)C(=O)NC(Cc1c[nH]c2ccccc12)C(=O)NC1CCC1. The van der Waals surface area contributed by atoms with E-state index >= 15 is 0 Å². The van der Waals surface area contributed by atoms with Crippen molar-refractivity contribution in [2.45, 2.75) is 74.4 Å². The molecule has 2 unspecified atom stereocenters. The van der Waals surface area contributed by atoms with Gasteiger partial charge in [0, 0.05) is 42.7 Å². The minimum atomic E-state index is -4.30. The number of carbonyl (C=O) groups is 3. The van der Waals surface area contributed by atoms with E-state index in [0.29, 0.717) is 19.4 Å². The van der Waals surface area contributed by atoms with Gasteiger partial charge in [-0.3, -0.25) is 14.4 Å². The molecule has 248 valence electrons. The number of H-pyrrole nitrogens is 1. The number of halogens is 1. The first kappa shape index (κ1) is 34.8. The molecule has 2 amide bonds. The van der Waals surface area contributed by atoms with E-state index in [1.54, 1.807) is 6.20 Å². The van der Waals surface area contributed by atoms with Crippen LogP contribution in [0.1, 0.15) is 50.5 Å². The maximum absolute atomic E-state index is 13.9. The monoisotopic (exact) mass is 674 g/mol. The summed E-state index contributed by atoms with van der Waals surface area (Å²) in [5.74, 6) is -2.74. The third-order valence-electron chi connectivity index (χ3n) is 7.73. The zero-order valence-corrected chi connectivity index (χ0v) is 26.8. The van der Waals surface area contributed by atoms with Gasteiger partial charge in [0.2, 0.25) is 21.8 Å². The van der Waals surface area contributed by atoms with E-state index in [1.165, 1.54) is 12.1 Å². The molecule has 15 heteroatoms. The van der Waals surface area contributed by atoms with Crippen LogP contribution in [0.4, 0.5) is 4.39 Å². The lowest BCUT2D eigenvalue weighted by atomic mass is 9.92. The number of sulfonamides is 1. The van der Waals surface area contributed by atoms with Crippen molar-refractivity contribution in [1.82, 2.24) is 31.0 Å². The van der Waals surface area contributed by atoms with Gasteiger partial charge in [-0.15, -0.1) is 0 Å². The highest BCUT2D eigenvalue weighted by atomic mass is 32.2. The summed E-state index contributed by atoms with van der Waals surface area (Å²) in [5.41, 5.74) is 1.70. The van der Waals surface area contributed by atoms with Crippen LogP contribution in [0.2, 0.25) is 0 Å². The minimum Gasteiger partial charge on any atom is -0.481 e. The average molecular weight is 675 g/mol. The van der Waals surface area contributed by atoms with E-state index < -0.39 is 39.8 Å². The van der Waals surface area contributed by atoms with Crippen molar-refractivity contribution in [3.63, 3.8) is 0 Å². The molecule has 46 heavy (non-hydrogen) atoms. The molecule has 0 spiro atoms. The predicted molar refractivity (Wildman–Crippen MR) is 175 cm³/mol. The Morgan fingerprint density at radius 1 is 1.00 bits per heavy atom. The number of aliphatic carboxylic acids is 1. The number of para-hydroxylation sites is 1. The molecular formula is C31H39FN6O6S2. The van der Waals surface area contributed by atoms with Gasteiger partial charge < -0.3 is 31.4 Å². The Balaban J connectivity index is 1.46. The molecule has 1 saturated carbocycles. The van der Waals surface area contributed by atoms with Crippen LogP contribution in [-0.4, -0.2) is 72.6 Å². The molecule has 12 nitrogen and oxygen atoms in total. The number of thiocarbonyl (C=S) groups is 1. The summed E-state index contributed by atoms with van der Waals surface area (Å²) in [4.78, 5) is 40.7. The van der Waals surface area contributed by atoms with E-state index in [2.05, 4.69) is 31.0 Å². The van der Waals surface area contributed by atoms with Crippen molar-refractivity contribution in [2.24, 2.45) is 0 Å². The first-order valence-corrected chi connectivity index (χ1v) is 17.1. The lowest BCUT2D eigenvalue weighted by Crippen LogP contribution is -2.56. The fourth-order valence-corrected chi connectivity index (χ4v) is 6.48. The number of unbranched alkanes of at least 4 members (excludes halogenated alkanes) is 1. The van der Waals surface area contributed by atoms with Crippen molar-refractivity contribution < 1.29 is 32.3 Å². The lowest BCUT2D eigenvalue weighted by molar-refractivity contribution is -0.136. The highest BCUT2D eigenvalue weighted by molar-refractivity contribution is 7.89. The van der Waals surface area contributed by atoms with E-state index in [4.69, 9.17) is 17.3 Å². The van der Waals surface area contributed by atoms with Crippen LogP contribution >= 0.6 is 12.2 Å². The molecule has 0 saturated heterocycles. The maximum atomic E-state index is 13.9. The number of nitrogens with one attached hydrogen (secondary N) is 6. The Labute approximate surface area is 272 Å². The highest BCUT2D eigenvalue weighted by Crippen LogP contribution is 2.21. The van der Waals surface area contributed by atoms with Gasteiger partial charge in [0.15, 0.2) is 5.11 Å². The fourth-order valence-electron chi connectivity index (χ4n) is 5.01. The van der Waals surface area contributed by atoms with E-state index in [-0.39, 0.29) is 47.8 Å². The van der Waals surface area contributed by atoms with E-state index in [0.717, 1.165) is 47.9 Å². The standard InChI is InChI=1S/C31H39FN6O6S2/c32-21-7-5-10-23(18-21)46(43,44)38-26(13-3-4-15-33-31(45)34-16-14-28(39)40)29(41)37-27(30(42)36-22-8-6-9-22)17-20-19-35-25-12-2-1-11-24(20)25/h1-2,5,7,10-12,18-19,22,26-27,35,38H,3-4,6,8-9,13-17H2,(H,36,42)(H,37,41)(H,39,40)(H2,33,34,45). The second-order valence-corrected chi connectivity index (χ2v) is 13.3. The van der Waals surface area contributed by atoms with Crippen LogP contribution < -0.4 is 26.0 Å². The summed E-state index contributed by atoms with van der Waals surface area (Å²) in [6.45, 7) is 0.552. The van der Waals surface area contributed by atoms with Gasteiger partial charge in [0.25, 0.3) is 0 Å². The largest absolute Gasteiger partial charge is 0.481 e. The molecular weight excluding hydrogens is 636 g/mol. The van der Waals surface area contributed by atoms with Gasteiger partial charge in [0.1, 0.15) is 17.9 Å². The number of rotatable bonds is 17. The molecule has 3 aromatic rings. The zero-order chi connectivity index (χ0) is 33.1. The quantitative estimate of drug-likeness (QED) is 0.0836. The second kappa shape index (κ2) is 16.5. The number of benzene rings is 2. The topological polar surface area (TPSA) is 182 Å². The zero-order valence-electron chi connectivity index (χ0n) is 25.2. The summed E-state index contributed by atoms with van der Waals surface area (Å²) in [6.07, 6.45) is 5.53. The molecule has 4 rings (SSSR count). The Morgan fingerprint density at radius 2 is 1.76 bits per heavy atom. The predicted octanol–water partition coefficient (Wildman–Crippen LogP) is 2.46. The smallest absolute Gasteiger partial charge is 0.305 e. The molecule has 0 radical (unpaired) electrons. The number of fused-ring (bicyclic) bond motifs is 1. The normalized spacial score (nSPS) is 14.5. The molecule has 2 atom stereocenters. The van der Waals surface area contributed by atoms with Crippen molar-refractivity contribution in [3.05, 3.63) is 66.1 Å². The molecule has 1 fully saturated rings. The van der Waals surface area contributed by atoms with Gasteiger partial charge in [-0.1, -0.05) is 24.3 Å². The fraction of sp³-hybridized carbons (Fsp3) is 0.419. The van der Waals surface area contributed by atoms with Crippen molar-refractivity contribution in [1.29, 1.82) is 0 Å². The Kier molecular flexibility index (Phi) is 12.5. The average Bonchev–Trinajstić information content (AvgIpc) is 3.40. The van der Waals surface area contributed by atoms with Crippen molar-refractivity contribution >= 4 is 56.0 Å². The summed E-state index contributed by atoms with van der Waals surface area (Å²) >= 11 is 5.13. The Hall–Kier alpha value is -4.08. The molecule has 1 aromatic heterocycles. The molecule has 0 aliphatic heterocycles. The van der Waals surface area contributed by atoms with Gasteiger partial charge in [-0.2, -0.15) is 4.72 Å². The molecule has 0 bridgehead atoms. The Morgan fingerprint density at radius 3 is 2.48 bits per heavy atom. The number of hydrogen-bond donors (Lipinski definition) is 7. The first-order valence-electron chi connectivity index (χ1n) is 15.2. The van der Waals surface area contributed by atoms with Crippen LogP contribution in [0.5, 0.6) is 0 Å². The summed E-state index contributed by atoms with van der Waals surface area (Å²) in [7, 11) is -4.30. The molecule has 1 aliphatic carbocycles. The summed E-state index contributed by atoms with van der Waals surface area (Å²) in [6, 6.07) is 9.85. The van der Waals surface area contributed by atoms with Gasteiger partial charge in [-0.05, 0) is 80.6 Å². The van der Waals surface area contributed by atoms with Crippen molar-refractivity contribution in [3.8, 4) is 0 Å². The van der Waals surface area contributed by atoms with E-state index in [9.17, 15) is 27.2 Å². The van der Waals surface area contributed by atoms with Crippen LogP contribution in [0.15, 0.2) is 59.6 Å². The first-order chi connectivity index (χ1) is 22.0. The van der Waals surface area contributed by atoms with Crippen LogP contribution in [-0.2, 0) is 30.8 Å². The number of carboxylic acid groups (broad SMARTS) is 1. The van der Waals surface area contributed by atoms with Crippen molar-refractivity contribution in [2.75, 3.05) is 13.1 Å². The highest BCUT2D eigenvalue weighted by Gasteiger charge is 2.31. The van der Waals surface area contributed by atoms with Gasteiger partial charge in [-0.25, -0.2) is 12.8 Å². The third kappa shape index (κ3) is 10.2. The molecule has 2 aromatic carbocycles. The van der Waals surface area contributed by atoms with Gasteiger partial charge in [0.05, 0.1) is 11.3 Å². The number of hydrogen-bond acceptors (Lipinski definition) is 6. The third-order valence-corrected chi connectivity index (χ3v) is 9.49. The van der Waals surface area contributed by atoms with Crippen LogP contribution in [0, 0.1) is 5.82 Å². The van der Waals surface area contributed by atoms with Crippen LogP contribution in [0.3, 0.4) is 0 Å². The maximum Gasteiger partial charge on any atom is 0.305 e. The molecule has 1 heterocycles. The Bertz CT molecular complexity index is 1640. The number of aromatic amines is 1. The minimum absolute atomic E-state index is 0.0225. The second-order valence-electron chi connectivity index (χ2n) is 11.2. The summed E-state index contributed by atoms with van der Waals surface area (Å²) < 4.78 is 42.7. The number of carboxylic acids is 1. The summed E-state index contributed by atoms with van der Waals surface area (Å²) in [5, 5.41) is 21.4.